The number of rotatable bonds is 9. The van der Waals surface area contributed by atoms with E-state index in [0.29, 0.717) is 19.4 Å². The number of esters is 1. The van der Waals surface area contributed by atoms with Gasteiger partial charge in [0.1, 0.15) is 11.6 Å². The number of aryl methyl sites for hydroxylation is 2. The molecule has 1 N–H and O–H groups in total. The van der Waals surface area contributed by atoms with Gasteiger partial charge < -0.3 is 10.1 Å². The second kappa shape index (κ2) is 9.50. The Kier molecular flexibility index (Phi) is 6.56. The van der Waals surface area contributed by atoms with Crippen molar-refractivity contribution in [3.05, 3.63) is 45.9 Å². The number of carbonyl (C=O) groups is 1. The Hall–Kier alpha value is -2.56. The molecule has 30 heavy (non-hydrogen) atoms. The van der Waals surface area contributed by atoms with Crippen molar-refractivity contribution in [3.63, 3.8) is 0 Å². The van der Waals surface area contributed by atoms with Gasteiger partial charge in [0.2, 0.25) is 0 Å². The summed E-state index contributed by atoms with van der Waals surface area (Å²) in [6.45, 7) is 2.96. The van der Waals surface area contributed by atoms with Crippen LogP contribution < -0.4 is 5.32 Å². The SMILES string of the molecule is Cc1ccc(-c2csc(NCCCC(=O)OCc3csc(-c4cnn(C)c4)n3)n2)s1. The smallest absolute Gasteiger partial charge is 0.306 e. The molecule has 0 saturated heterocycles. The second-order valence-electron chi connectivity index (χ2n) is 6.69. The fourth-order valence-corrected chi connectivity index (χ4v) is 5.15. The standard InChI is InChI=1S/C20H21N5O2S3/c1-13-5-6-17(30-13)16-12-29-20(24-16)21-7-3-4-18(26)27-10-15-11-28-19(23-15)14-8-22-25(2)9-14/h5-6,8-9,11-12H,3-4,7,10H2,1-2H3,(H,21,24). The number of thiazole rings is 2. The number of thiophene rings is 1. The summed E-state index contributed by atoms with van der Waals surface area (Å²) in [5.74, 6) is -0.221. The number of nitrogens with one attached hydrogen (secondary N) is 1. The Morgan fingerprint density at radius 3 is 2.90 bits per heavy atom. The summed E-state index contributed by atoms with van der Waals surface area (Å²) in [7, 11) is 1.87. The summed E-state index contributed by atoms with van der Waals surface area (Å²) in [5.41, 5.74) is 2.71. The first-order valence-corrected chi connectivity index (χ1v) is 12.0. The molecule has 4 rings (SSSR count). The quantitative estimate of drug-likeness (QED) is 0.281. The van der Waals surface area contributed by atoms with E-state index in [1.165, 1.54) is 21.1 Å². The zero-order chi connectivity index (χ0) is 20.9. The highest BCUT2D eigenvalue weighted by molar-refractivity contribution is 7.17. The minimum atomic E-state index is -0.221. The van der Waals surface area contributed by atoms with Crippen molar-refractivity contribution in [2.75, 3.05) is 11.9 Å². The zero-order valence-corrected chi connectivity index (χ0v) is 19.1. The van der Waals surface area contributed by atoms with Crippen molar-refractivity contribution in [3.8, 4) is 21.1 Å². The zero-order valence-electron chi connectivity index (χ0n) is 16.6. The normalized spacial score (nSPS) is 11.0. The molecule has 0 aliphatic rings. The average Bonchev–Trinajstić information content (AvgIpc) is 3.50. The second-order valence-corrected chi connectivity index (χ2v) is 9.69. The van der Waals surface area contributed by atoms with Crippen molar-refractivity contribution in [1.29, 1.82) is 0 Å². The number of hydrogen-bond donors (Lipinski definition) is 1. The molecular weight excluding hydrogens is 438 g/mol. The largest absolute Gasteiger partial charge is 0.459 e. The first-order chi connectivity index (χ1) is 14.6. The molecule has 0 bridgehead atoms. The molecule has 156 valence electrons. The summed E-state index contributed by atoms with van der Waals surface area (Å²) in [4.78, 5) is 23.6. The van der Waals surface area contributed by atoms with Crippen LogP contribution in [0.3, 0.4) is 0 Å². The van der Waals surface area contributed by atoms with Crippen molar-refractivity contribution < 1.29 is 9.53 Å². The molecule has 0 aliphatic heterocycles. The van der Waals surface area contributed by atoms with Gasteiger partial charge in [-0.15, -0.1) is 34.0 Å². The average molecular weight is 460 g/mol. The van der Waals surface area contributed by atoms with Gasteiger partial charge in [-0.2, -0.15) is 5.10 Å². The molecule has 0 amide bonds. The molecule has 0 aliphatic carbocycles. The minimum absolute atomic E-state index is 0.194. The fraction of sp³-hybridized carbons (Fsp3) is 0.300. The molecule has 4 aromatic rings. The third kappa shape index (κ3) is 5.32. The molecule has 0 radical (unpaired) electrons. The highest BCUT2D eigenvalue weighted by Gasteiger charge is 2.10. The van der Waals surface area contributed by atoms with Crippen LogP contribution in [-0.2, 0) is 23.2 Å². The Bertz CT molecular complexity index is 1130. The molecule has 0 fully saturated rings. The van der Waals surface area contributed by atoms with E-state index < -0.39 is 0 Å². The van der Waals surface area contributed by atoms with Crippen LogP contribution in [0.1, 0.15) is 23.4 Å². The van der Waals surface area contributed by atoms with Crippen LogP contribution in [0, 0.1) is 6.92 Å². The van der Waals surface area contributed by atoms with Crippen LogP contribution in [0.15, 0.2) is 35.3 Å². The van der Waals surface area contributed by atoms with Crippen molar-refractivity contribution in [2.24, 2.45) is 7.05 Å². The van der Waals surface area contributed by atoms with E-state index in [1.54, 1.807) is 33.6 Å². The fourth-order valence-electron chi connectivity index (χ4n) is 2.73. The highest BCUT2D eigenvalue weighted by atomic mass is 32.1. The maximum Gasteiger partial charge on any atom is 0.306 e. The van der Waals surface area contributed by atoms with Crippen molar-refractivity contribution >= 4 is 45.1 Å². The third-order valence-electron chi connectivity index (χ3n) is 4.22. The van der Waals surface area contributed by atoms with Crippen LogP contribution in [0.2, 0.25) is 0 Å². The Balaban J connectivity index is 1.16. The molecule has 10 heteroatoms. The summed E-state index contributed by atoms with van der Waals surface area (Å²) < 4.78 is 7.08. The van der Waals surface area contributed by atoms with Gasteiger partial charge in [0.25, 0.3) is 0 Å². The number of hydrogen-bond acceptors (Lipinski definition) is 9. The monoisotopic (exact) mass is 459 g/mol. The van der Waals surface area contributed by atoms with E-state index >= 15 is 0 Å². The molecule has 0 aromatic carbocycles. The molecular formula is C20H21N5O2S3. The molecule has 7 nitrogen and oxygen atoms in total. The summed E-state index contributed by atoms with van der Waals surface area (Å²) in [6, 6.07) is 4.19. The third-order valence-corrected chi connectivity index (χ3v) is 6.98. The van der Waals surface area contributed by atoms with E-state index in [2.05, 4.69) is 44.8 Å². The van der Waals surface area contributed by atoms with Crippen LogP contribution in [0.4, 0.5) is 5.13 Å². The van der Waals surface area contributed by atoms with Gasteiger partial charge in [-0.05, 0) is 25.5 Å². The summed E-state index contributed by atoms with van der Waals surface area (Å²) in [6.07, 6.45) is 4.72. The molecule has 0 saturated carbocycles. The van der Waals surface area contributed by atoms with E-state index in [9.17, 15) is 4.79 Å². The van der Waals surface area contributed by atoms with E-state index in [-0.39, 0.29) is 12.6 Å². The lowest BCUT2D eigenvalue weighted by atomic mass is 10.3. The Morgan fingerprint density at radius 1 is 1.23 bits per heavy atom. The molecule has 0 atom stereocenters. The molecule has 0 spiro atoms. The summed E-state index contributed by atoms with van der Waals surface area (Å²) in [5, 5.41) is 13.1. The van der Waals surface area contributed by atoms with E-state index in [1.807, 2.05) is 18.6 Å². The number of carbonyl (C=O) groups excluding carboxylic acids is 1. The van der Waals surface area contributed by atoms with E-state index in [4.69, 9.17) is 4.74 Å². The van der Waals surface area contributed by atoms with Crippen LogP contribution >= 0.6 is 34.0 Å². The maximum absolute atomic E-state index is 12.0. The van der Waals surface area contributed by atoms with Gasteiger partial charge in [0.05, 0.1) is 22.5 Å². The maximum atomic E-state index is 12.0. The summed E-state index contributed by atoms with van der Waals surface area (Å²) >= 11 is 4.83. The lowest BCUT2D eigenvalue weighted by Crippen LogP contribution is -2.08. The van der Waals surface area contributed by atoms with Crippen LogP contribution in [0.5, 0.6) is 0 Å². The number of nitrogens with zero attached hydrogens (tertiary/aromatic N) is 4. The van der Waals surface area contributed by atoms with Gasteiger partial charge in [0.15, 0.2) is 5.13 Å². The van der Waals surface area contributed by atoms with Crippen molar-refractivity contribution in [1.82, 2.24) is 19.7 Å². The lowest BCUT2D eigenvalue weighted by molar-refractivity contribution is -0.145. The molecule has 4 heterocycles. The van der Waals surface area contributed by atoms with Gasteiger partial charge in [-0.1, -0.05) is 0 Å². The molecule has 0 unspecified atom stereocenters. The predicted octanol–water partition coefficient (Wildman–Crippen LogP) is 4.97. The number of anilines is 1. The first-order valence-electron chi connectivity index (χ1n) is 9.42. The van der Waals surface area contributed by atoms with Crippen LogP contribution in [0.25, 0.3) is 21.1 Å². The predicted molar refractivity (Wildman–Crippen MR) is 122 cm³/mol. The lowest BCUT2D eigenvalue weighted by Gasteiger charge is -2.04. The van der Waals surface area contributed by atoms with Gasteiger partial charge in [-0.3, -0.25) is 9.48 Å². The van der Waals surface area contributed by atoms with Gasteiger partial charge in [-0.25, -0.2) is 9.97 Å². The first kappa shape index (κ1) is 20.7. The number of aromatic nitrogens is 4. The van der Waals surface area contributed by atoms with Crippen LogP contribution in [-0.4, -0.2) is 32.3 Å². The molecule has 4 aromatic heterocycles. The van der Waals surface area contributed by atoms with Gasteiger partial charge >= 0.3 is 5.97 Å². The highest BCUT2D eigenvalue weighted by Crippen LogP contribution is 2.30. The van der Waals surface area contributed by atoms with Crippen molar-refractivity contribution in [2.45, 2.75) is 26.4 Å². The van der Waals surface area contributed by atoms with E-state index in [0.717, 1.165) is 27.1 Å². The minimum Gasteiger partial charge on any atom is -0.459 e. The Labute approximate surface area is 186 Å². The van der Waals surface area contributed by atoms with Gasteiger partial charge in [0, 0.05) is 47.4 Å². The number of ether oxygens (including phenoxy) is 1. The topological polar surface area (TPSA) is 81.9 Å². The Morgan fingerprint density at radius 2 is 2.13 bits per heavy atom.